The van der Waals surface area contributed by atoms with E-state index in [1.807, 2.05) is 30.5 Å². The van der Waals surface area contributed by atoms with Crippen LogP contribution >= 0.6 is 34.8 Å². The van der Waals surface area contributed by atoms with Gasteiger partial charge in [0.15, 0.2) is 17.0 Å². The minimum Gasteiger partial charge on any atom is -0.465 e. The lowest BCUT2D eigenvalue weighted by molar-refractivity contribution is -0.140. The van der Waals surface area contributed by atoms with Crippen LogP contribution in [0.2, 0.25) is 15.1 Å². The van der Waals surface area contributed by atoms with Crippen molar-refractivity contribution in [3.05, 3.63) is 63.9 Å². The summed E-state index contributed by atoms with van der Waals surface area (Å²) < 4.78 is 6.81. The first-order chi connectivity index (χ1) is 16.0. The average Bonchev–Trinajstić information content (AvgIpc) is 3.19. The molecule has 1 N–H and O–H groups in total. The first-order valence-electron chi connectivity index (χ1n) is 10.3. The molecule has 172 valence electrons. The van der Waals surface area contributed by atoms with Gasteiger partial charge < -0.3 is 10.1 Å². The van der Waals surface area contributed by atoms with Crippen LogP contribution < -0.4 is 5.32 Å². The minimum absolute atomic E-state index is 0.0508. The summed E-state index contributed by atoms with van der Waals surface area (Å²) in [5.74, 6) is 0.545. The summed E-state index contributed by atoms with van der Waals surface area (Å²) in [6.07, 6.45) is 1.40. The molecule has 33 heavy (non-hydrogen) atoms. The van der Waals surface area contributed by atoms with E-state index in [4.69, 9.17) is 44.5 Å². The van der Waals surface area contributed by atoms with Crippen molar-refractivity contribution in [1.29, 1.82) is 0 Å². The highest BCUT2D eigenvalue weighted by atomic mass is 35.5. The molecule has 7 nitrogen and oxygen atoms in total. The molecule has 10 heteroatoms. The summed E-state index contributed by atoms with van der Waals surface area (Å²) >= 11 is 18.6. The molecular weight excluding hydrogens is 485 g/mol. The van der Waals surface area contributed by atoms with Gasteiger partial charge in [0.05, 0.1) is 11.6 Å². The van der Waals surface area contributed by atoms with Crippen LogP contribution in [0.3, 0.4) is 0 Å². The molecule has 0 saturated heterocycles. The second-order valence-electron chi connectivity index (χ2n) is 6.42. The molecule has 4 aromatic rings. The molecule has 2 aromatic carbocycles. The number of nitrogens with zero attached hydrogens (tertiary/aromatic N) is 4. The Labute approximate surface area is 206 Å². The van der Waals surface area contributed by atoms with Gasteiger partial charge in [-0.25, -0.2) is 15.0 Å². The van der Waals surface area contributed by atoms with Gasteiger partial charge >= 0.3 is 5.97 Å². The number of hydrogen-bond acceptors (Lipinski definition) is 6. The average molecular weight is 507 g/mol. The Kier molecular flexibility index (Phi) is 8.49. The van der Waals surface area contributed by atoms with Crippen LogP contribution in [0.5, 0.6) is 0 Å². The quantitative estimate of drug-likeness (QED) is 0.303. The molecule has 0 aliphatic carbocycles. The van der Waals surface area contributed by atoms with Crippen molar-refractivity contribution in [3.63, 3.8) is 0 Å². The fraction of sp³-hybridized carbons (Fsp3) is 0.217. The van der Waals surface area contributed by atoms with Gasteiger partial charge in [-0.2, -0.15) is 0 Å². The number of hydrogen-bond donors (Lipinski definition) is 1. The fourth-order valence-corrected chi connectivity index (χ4v) is 3.69. The predicted molar refractivity (Wildman–Crippen MR) is 134 cm³/mol. The fourth-order valence-electron chi connectivity index (χ4n) is 3.08. The minimum atomic E-state index is -0.396. The van der Waals surface area contributed by atoms with Crippen molar-refractivity contribution in [3.8, 4) is 17.1 Å². The highest BCUT2D eigenvalue weighted by Gasteiger charge is 2.21. The standard InChI is InChI=1S/C21H16Cl3N5O2.C2H6/c1-2-31-17(30)10-25-19-18-21(27-11-26-19)29(14-6-3-12(22)4-7-14)20(28-18)15-8-5-13(23)9-16(15)24;1-2/h3-9,11H,2,10H2,1H3,(H,25,26,27);1-2H3. The van der Waals surface area contributed by atoms with Crippen LogP contribution in [0, 0.1) is 0 Å². The Bertz CT molecular complexity index is 1260. The number of ether oxygens (including phenoxy) is 1. The number of fused-ring (bicyclic) bond motifs is 1. The number of carbonyl (C=O) groups is 1. The van der Waals surface area contributed by atoms with Crippen LogP contribution in [0.15, 0.2) is 48.8 Å². The lowest BCUT2D eigenvalue weighted by Crippen LogP contribution is -2.17. The van der Waals surface area contributed by atoms with Gasteiger partial charge in [-0.15, -0.1) is 0 Å². The Morgan fingerprint density at radius 1 is 1.03 bits per heavy atom. The van der Waals surface area contributed by atoms with Gasteiger partial charge in [-0.1, -0.05) is 48.7 Å². The van der Waals surface area contributed by atoms with Crippen LogP contribution in [-0.4, -0.2) is 38.6 Å². The van der Waals surface area contributed by atoms with Crippen molar-refractivity contribution >= 4 is 57.8 Å². The molecule has 0 bridgehead atoms. The Morgan fingerprint density at radius 3 is 2.39 bits per heavy atom. The number of carbonyl (C=O) groups excluding carboxylic acids is 1. The zero-order valence-corrected chi connectivity index (χ0v) is 20.5. The summed E-state index contributed by atoms with van der Waals surface area (Å²) in [6, 6.07) is 12.4. The molecule has 0 radical (unpaired) electrons. The third-order valence-electron chi connectivity index (χ3n) is 4.41. The van der Waals surface area contributed by atoms with Crippen molar-refractivity contribution in [2.75, 3.05) is 18.5 Å². The Balaban J connectivity index is 0.00000149. The Morgan fingerprint density at radius 2 is 1.73 bits per heavy atom. The summed E-state index contributed by atoms with van der Waals surface area (Å²) in [4.78, 5) is 25.2. The van der Waals surface area contributed by atoms with E-state index in [-0.39, 0.29) is 6.54 Å². The number of nitrogens with one attached hydrogen (secondary N) is 1. The largest absolute Gasteiger partial charge is 0.465 e. The van der Waals surface area contributed by atoms with Crippen molar-refractivity contribution in [2.24, 2.45) is 0 Å². The molecule has 0 fully saturated rings. The maximum atomic E-state index is 11.8. The maximum absolute atomic E-state index is 11.8. The van der Waals surface area contributed by atoms with Crippen molar-refractivity contribution < 1.29 is 9.53 Å². The number of halogens is 3. The summed E-state index contributed by atoms with van der Waals surface area (Å²) in [5, 5.41) is 4.52. The molecular formula is C23H22Cl3N5O2. The lowest BCUT2D eigenvalue weighted by Gasteiger charge is -2.10. The van der Waals surface area contributed by atoms with Crippen LogP contribution in [0.1, 0.15) is 20.8 Å². The van der Waals surface area contributed by atoms with Crippen LogP contribution in [-0.2, 0) is 9.53 Å². The van der Waals surface area contributed by atoms with Crippen molar-refractivity contribution in [2.45, 2.75) is 20.8 Å². The molecule has 0 aliphatic rings. The van der Waals surface area contributed by atoms with Gasteiger partial charge in [-0.3, -0.25) is 9.36 Å². The number of anilines is 1. The first-order valence-corrected chi connectivity index (χ1v) is 11.5. The first kappa shape index (κ1) is 24.8. The zero-order valence-electron chi connectivity index (χ0n) is 18.3. The van der Waals surface area contributed by atoms with Gasteiger partial charge in [0.1, 0.15) is 18.7 Å². The molecule has 0 amide bonds. The number of benzene rings is 2. The Hall–Kier alpha value is -2.87. The SMILES string of the molecule is CC.CCOC(=O)CNc1ncnc2c1nc(-c1ccc(Cl)cc1Cl)n2-c1ccc(Cl)cc1. The second-order valence-corrected chi connectivity index (χ2v) is 7.70. The molecule has 0 atom stereocenters. The molecule has 2 aromatic heterocycles. The summed E-state index contributed by atoms with van der Waals surface area (Å²) in [7, 11) is 0. The number of esters is 1. The molecule has 0 unspecified atom stereocenters. The molecule has 0 saturated carbocycles. The van der Waals surface area contributed by atoms with E-state index >= 15 is 0 Å². The highest BCUT2D eigenvalue weighted by molar-refractivity contribution is 6.36. The highest BCUT2D eigenvalue weighted by Crippen LogP contribution is 2.35. The topological polar surface area (TPSA) is 81.9 Å². The lowest BCUT2D eigenvalue weighted by atomic mass is 10.2. The van der Waals surface area contributed by atoms with E-state index in [1.165, 1.54) is 6.33 Å². The number of imidazole rings is 1. The predicted octanol–water partition coefficient (Wildman–Crippen LogP) is 6.44. The summed E-state index contributed by atoms with van der Waals surface area (Å²) in [5.41, 5.74) is 2.45. The smallest absolute Gasteiger partial charge is 0.325 e. The number of rotatable bonds is 6. The molecule has 4 rings (SSSR count). The van der Waals surface area contributed by atoms with E-state index in [9.17, 15) is 4.79 Å². The van der Waals surface area contributed by atoms with E-state index in [1.54, 1.807) is 37.3 Å². The van der Waals surface area contributed by atoms with Crippen molar-refractivity contribution in [1.82, 2.24) is 19.5 Å². The van der Waals surface area contributed by atoms with Gasteiger partial charge in [0, 0.05) is 21.3 Å². The second kappa shape index (κ2) is 11.3. The monoisotopic (exact) mass is 505 g/mol. The van der Waals surface area contributed by atoms with E-state index in [0.29, 0.717) is 50.0 Å². The van der Waals surface area contributed by atoms with Crippen LogP contribution in [0.4, 0.5) is 5.82 Å². The van der Waals surface area contributed by atoms with E-state index in [2.05, 4.69) is 15.3 Å². The molecule has 2 heterocycles. The third kappa shape index (κ3) is 5.55. The third-order valence-corrected chi connectivity index (χ3v) is 5.21. The number of aromatic nitrogens is 4. The zero-order chi connectivity index (χ0) is 24.0. The molecule has 0 aliphatic heterocycles. The molecule has 0 spiro atoms. The van der Waals surface area contributed by atoms with Crippen LogP contribution in [0.25, 0.3) is 28.2 Å². The van der Waals surface area contributed by atoms with Gasteiger partial charge in [0.2, 0.25) is 0 Å². The van der Waals surface area contributed by atoms with Gasteiger partial charge in [-0.05, 0) is 49.4 Å². The summed E-state index contributed by atoms with van der Waals surface area (Å²) in [6.45, 7) is 5.99. The normalized spacial score (nSPS) is 10.5. The maximum Gasteiger partial charge on any atom is 0.325 e. The van der Waals surface area contributed by atoms with Gasteiger partial charge in [0.25, 0.3) is 0 Å². The van der Waals surface area contributed by atoms with E-state index < -0.39 is 5.97 Å². The van der Waals surface area contributed by atoms with E-state index in [0.717, 1.165) is 5.69 Å².